The number of Topliss-reactive ketones (excluding diaryl/α,β-unsaturated/α-hetero) is 1. The molecule has 0 radical (unpaired) electrons. The van der Waals surface area contributed by atoms with Crippen LogP contribution < -0.4 is 0 Å². The zero-order valence-electron chi connectivity index (χ0n) is 17.9. The van der Waals surface area contributed by atoms with Gasteiger partial charge in [0.1, 0.15) is 5.78 Å². The number of rotatable bonds is 0. The van der Waals surface area contributed by atoms with Crippen LogP contribution in [0.3, 0.4) is 0 Å². The van der Waals surface area contributed by atoms with E-state index in [4.69, 9.17) is 0 Å². The third-order valence-corrected chi connectivity index (χ3v) is 2.97. The maximum atomic E-state index is 12.0. The molecule has 0 unspecified atom stereocenters. The smallest absolute Gasteiger partial charge is 0.300 e. The normalized spacial score (nSPS) is 9.61. The molecule has 0 N–H and O–H groups in total. The van der Waals surface area contributed by atoms with Crippen LogP contribution in [0.5, 0.6) is 0 Å². The van der Waals surface area contributed by atoms with E-state index < -0.39 is 87.3 Å². The van der Waals surface area contributed by atoms with Crippen molar-refractivity contribution in [3.63, 3.8) is 0 Å². The maximum Gasteiger partial charge on any atom is 3.00 e. The second-order valence-electron chi connectivity index (χ2n) is 5.99. The van der Waals surface area contributed by atoms with Crippen molar-refractivity contribution in [1.29, 1.82) is 0 Å². The van der Waals surface area contributed by atoms with Gasteiger partial charge in [0.15, 0.2) is 0 Å². The van der Waals surface area contributed by atoms with Crippen LogP contribution in [-0.4, -0.2) is 5.78 Å². The van der Waals surface area contributed by atoms with Gasteiger partial charge in [-0.1, -0.05) is 0 Å². The molecule has 0 heterocycles. The minimum atomic E-state index is -2.17. The van der Waals surface area contributed by atoms with E-state index >= 15 is 0 Å². The van der Waals surface area contributed by atoms with Gasteiger partial charge in [0.05, 0.1) is 87.3 Å². The van der Waals surface area contributed by atoms with Gasteiger partial charge in [0.2, 0.25) is 0 Å². The summed E-state index contributed by atoms with van der Waals surface area (Å²) in [5.74, 6) is -30.0. The number of carbonyl (C=O) groups excluding carboxylic acids is 1. The van der Waals surface area contributed by atoms with Crippen molar-refractivity contribution in [2.75, 3.05) is 0 Å². The standard InChI is InChI=1S/3C6F5.C3H6O.Au/c3*7-2-1-3(8)5(10)6(11)4(2)9;1-3(2)4;/h;;;1-2H3;/q3*-1;;+3. The van der Waals surface area contributed by atoms with E-state index in [0.717, 1.165) is 18.2 Å². The first-order chi connectivity index (χ1) is 16.8. The molecule has 0 aliphatic rings. The average Bonchev–Trinajstić information content (AvgIpc) is 2.81. The largest absolute Gasteiger partial charge is 3.00 e. The van der Waals surface area contributed by atoms with Crippen molar-refractivity contribution < 1.29 is 93.0 Å². The summed E-state index contributed by atoms with van der Waals surface area (Å²) in [6, 6.07) is 3.07. The predicted molar refractivity (Wildman–Crippen MR) is 91.6 cm³/mol. The SMILES string of the molecule is CC(C)=O.Fc1[c-]c(F)c(F)c(F)c1F.Fc1[c-]c(F)c(F)c(F)c1F.Fc1[c-]c(F)c(F)c(F)c1F.[Au+3]. The van der Waals surface area contributed by atoms with E-state index in [1.54, 1.807) is 0 Å². The van der Waals surface area contributed by atoms with Crippen LogP contribution in [0.1, 0.15) is 13.8 Å². The van der Waals surface area contributed by atoms with Crippen molar-refractivity contribution >= 4 is 5.78 Å². The third kappa shape index (κ3) is 10.4. The van der Waals surface area contributed by atoms with Crippen LogP contribution in [0.25, 0.3) is 0 Å². The van der Waals surface area contributed by atoms with Crippen LogP contribution in [0.15, 0.2) is 0 Å². The second-order valence-corrected chi connectivity index (χ2v) is 5.99. The molecule has 0 saturated carbocycles. The number of hydrogen-bond donors (Lipinski definition) is 0. The Bertz CT molecular complexity index is 1050. The molecule has 17 heteroatoms. The van der Waals surface area contributed by atoms with E-state index in [2.05, 4.69) is 0 Å². The van der Waals surface area contributed by atoms with Crippen molar-refractivity contribution in [1.82, 2.24) is 0 Å². The summed E-state index contributed by atoms with van der Waals surface area (Å²) >= 11 is 0. The number of hydrogen-bond acceptors (Lipinski definition) is 1. The molecular formula is C21H6AuF15O. The van der Waals surface area contributed by atoms with E-state index in [9.17, 15) is 70.7 Å². The zero-order valence-corrected chi connectivity index (χ0v) is 20.0. The third-order valence-electron chi connectivity index (χ3n) is 2.97. The Kier molecular flexibility index (Phi) is 15.7. The molecule has 0 aromatic heterocycles. The van der Waals surface area contributed by atoms with Crippen LogP contribution >= 0.6 is 0 Å². The first-order valence-corrected chi connectivity index (χ1v) is 8.54. The second kappa shape index (κ2) is 16.1. The van der Waals surface area contributed by atoms with Crippen molar-refractivity contribution in [3.05, 3.63) is 105 Å². The number of carbonyl (C=O) groups is 1. The Hall–Kier alpha value is -2.98. The van der Waals surface area contributed by atoms with Crippen LogP contribution in [0, 0.1) is 105 Å². The molecule has 0 fully saturated rings. The Balaban J connectivity index is 0. The molecule has 0 atom stereocenters. The minimum Gasteiger partial charge on any atom is -0.300 e. The minimum absolute atomic E-state index is 0. The summed E-state index contributed by atoms with van der Waals surface area (Å²) in [6.07, 6.45) is 0. The van der Waals surface area contributed by atoms with Gasteiger partial charge in [-0.15, -0.1) is 18.2 Å². The molecule has 0 saturated heterocycles. The first kappa shape index (κ1) is 37.2. The van der Waals surface area contributed by atoms with Gasteiger partial charge in [-0.25, -0.2) is 39.5 Å². The maximum absolute atomic E-state index is 12.0. The van der Waals surface area contributed by atoms with Gasteiger partial charge in [-0.3, -0.25) is 26.3 Å². The fraction of sp³-hybridized carbons (Fsp3) is 0.0952. The molecule has 0 aliphatic carbocycles. The molecule has 0 aliphatic heterocycles. The van der Waals surface area contributed by atoms with E-state index in [1.807, 2.05) is 0 Å². The van der Waals surface area contributed by atoms with Crippen molar-refractivity contribution in [3.8, 4) is 0 Å². The summed E-state index contributed by atoms with van der Waals surface area (Å²) in [5.41, 5.74) is 0. The first-order valence-electron chi connectivity index (χ1n) is 8.54. The summed E-state index contributed by atoms with van der Waals surface area (Å²) < 4.78 is 180. The molecule has 1 nitrogen and oxygen atoms in total. The molecule has 3 aromatic carbocycles. The van der Waals surface area contributed by atoms with Gasteiger partial charge >= 0.3 is 22.4 Å². The number of ketones is 1. The van der Waals surface area contributed by atoms with E-state index in [-0.39, 0.29) is 28.2 Å². The van der Waals surface area contributed by atoms with E-state index in [0.29, 0.717) is 0 Å². The summed E-state index contributed by atoms with van der Waals surface area (Å²) in [6.45, 7) is 3.06. The molecule has 0 spiro atoms. The number of halogens is 15. The number of benzene rings is 3. The van der Waals surface area contributed by atoms with E-state index in [1.165, 1.54) is 13.8 Å². The van der Waals surface area contributed by atoms with Gasteiger partial charge in [0.25, 0.3) is 0 Å². The summed E-state index contributed by atoms with van der Waals surface area (Å²) in [5, 5.41) is 0. The zero-order chi connectivity index (χ0) is 29.4. The Morgan fingerprint density at radius 2 is 0.474 bits per heavy atom. The van der Waals surface area contributed by atoms with Crippen LogP contribution in [0.4, 0.5) is 65.9 Å². The summed E-state index contributed by atoms with van der Waals surface area (Å²) in [4.78, 5) is 9.44. The molecule has 3 rings (SSSR count). The molecule has 3 aromatic rings. The molecule has 0 bridgehead atoms. The van der Waals surface area contributed by atoms with Crippen molar-refractivity contribution in [2.45, 2.75) is 13.8 Å². The van der Waals surface area contributed by atoms with Crippen LogP contribution in [-0.2, 0) is 27.2 Å². The Morgan fingerprint density at radius 1 is 0.368 bits per heavy atom. The predicted octanol–water partition coefficient (Wildman–Crippen LogP) is 7.14. The van der Waals surface area contributed by atoms with Gasteiger partial charge < -0.3 is 4.79 Å². The average molecular weight is 756 g/mol. The monoisotopic (exact) mass is 756 g/mol. The Labute approximate surface area is 218 Å². The quantitative estimate of drug-likeness (QED) is 0.0785. The van der Waals surface area contributed by atoms with Gasteiger partial charge in [-0.2, -0.15) is 0 Å². The Morgan fingerprint density at radius 3 is 0.579 bits per heavy atom. The fourth-order valence-electron chi connectivity index (χ4n) is 1.49. The van der Waals surface area contributed by atoms with Crippen LogP contribution in [0.2, 0.25) is 0 Å². The van der Waals surface area contributed by atoms with Crippen molar-refractivity contribution in [2.24, 2.45) is 0 Å². The molecular weight excluding hydrogens is 750 g/mol. The molecule has 212 valence electrons. The summed E-state index contributed by atoms with van der Waals surface area (Å²) in [7, 11) is 0. The van der Waals surface area contributed by atoms with Gasteiger partial charge in [-0.05, 0) is 13.8 Å². The molecule has 38 heavy (non-hydrogen) atoms. The fourth-order valence-corrected chi connectivity index (χ4v) is 1.49. The topological polar surface area (TPSA) is 17.1 Å². The van der Waals surface area contributed by atoms with Gasteiger partial charge in [0, 0.05) is 0 Å². The molecule has 0 amide bonds.